The van der Waals surface area contributed by atoms with Crippen molar-refractivity contribution in [1.82, 2.24) is 9.97 Å². The monoisotopic (exact) mass is 293 g/mol. The van der Waals surface area contributed by atoms with Crippen molar-refractivity contribution in [1.29, 1.82) is 0 Å². The molecule has 0 aliphatic rings. The SMILES string of the molecule is COCCOc1ncccc1C(=O)Nc1ncc(C)s1. The first-order chi connectivity index (χ1) is 9.70. The number of rotatable bonds is 6. The molecule has 20 heavy (non-hydrogen) atoms. The lowest BCUT2D eigenvalue weighted by molar-refractivity contribution is 0.101. The van der Waals surface area contributed by atoms with Gasteiger partial charge in [0.05, 0.1) is 6.61 Å². The minimum Gasteiger partial charge on any atom is -0.475 e. The number of aromatic nitrogens is 2. The summed E-state index contributed by atoms with van der Waals surface area (Å²) in [7, 11) is 1.58. The largest absolute Gasteiger partial charge is 0.475 e. The summed E-state index contributed by atoms with van der Waals surface area (Å²) in [6.45, 7) is 2.70. The van der Waals surface area contributed by atoms with E-state index in [2.05, 4.69) is 15.3 Å². The maximum atomic E-state index is 12.2. The molecule has 7 heteroatoms. The van der Waals surface area contributed by atoms with Gasteiger partial charge in [-0.05, 0) is 19.1 Å². The number of hydrogen-bond donors (Lipinski definition) is 1. The Morgan fingerprint density at radius 2 is 2.25 bits per heavy atom. The summed E-state index contributed by atoms with van der Waals surface area (Å²) in [4.78, 5) is 21.4. The van der Waals surface area contributed by atoms with Crippen molar-refractivity contribution in [3.8, 4) is 5.88 Å². The Morgan fingerprint density at radius 3 is 2.95 bits per heavy atom. The number of nitrogens with one attached hydrogen (secondary N) is 1. The molecule has 1 amide bonds. The summed E-state index contributed by atoms with van der Waals surface area (Å²) in [5.74, 6) is -0.00445. The highest BCUT2D eigenvalue weighted by Gasteiger charge is 2.14. The molecule has 0 spiro atoms. The highest BCUT2D eigenvalue weighted by atomic mass is 32.1. The number of pyridine rings is 1. The Balaban J connectivity index is 2.08. The smallest absolute Gasteiger partial charge is 0.262 e. The number of methoxy groups -OCH3 is 1. The van der Waals surface area contributed by atoms with E-state index < -0.39 is 0 Å². The van der Waals surface area contributed by atoms with Gasteiger partial charge in [-0.2, -0.15) is 0 Å². The zero-order valence-electron chi connectivity index (χ0n) is 11.3. The second kappa shape index (κ2) is 6.97. The minimum atomic E-state index is -0.292. The maximum Gasteiger partial charge on any atom is 0.262 e. The van der Waals surface area contributed by atoms with Gasteiger partial charge in [0, 0.05) is 24.4 Å². The molecule has 2 rings (SSSR count). The van der Waals surface area contributed by atoms with Gasteiger partial charge in [-0.25, -0.2) is 9.97 Å². The molecule has 6 nitrogen and oxygen atoms in total. The predicted octanol–water partition coefficient (Wildman–Crippen LogP) is 2.12. The van der Waals surface area contributed by atoms with E-state index in [1.54, 1.807) is 31.6 Å². The van der Waals surface area contributed by atoms with E-state index in [9.17, 15) is 4.79 Å². The maximum absolute atomic E-state index is 12.2. The Hall–Kier alpha value is -1.99. The second-order valence-electron chi connectivity index (χ2n) is 3.93. The number of carbonyl (C=O) groups excluding carboxylic acids is 1. The van der Waals surface area contributed by atoms with Crippen molar-refractivity contribution in [2.45, 2.75) is 6.92 Å². The number of anilines is 1. The highest BCUT2D eigenvalue weighted by molar-refractivity contribution is 7.15. The van der Waals surface area contributed by atoms with Crippen LogP contribution in [0.3, 0.4) is 0 Å². The van der Waals surface area contributed by atoms with Crippen molar-refractivity contribution in [2.24, 2.45) is 0 Å². The fraction of sp³-hybridized carbons (Fsp3) is 0.308. The normalized spacial score (nSPS) is 10.3. The molecule has 0 saturated heterocycles. The number of hydrogen-bond acceptors (Lipinski definition) is 6. The van der Waals surface area contributed by atoms with E-state index in [1.807, 2.05) is 6.92 Å². The zero-order chi connectivity index (χ0) is 14.4. The number of nitrogens with zero attached hydrogens (tertiary/aromatic N) is 2. The van der Waals surface area contributed by atoms with E-state index in [0.29, 0.717) is 23.9 Å². The van der Waals surface area contributed by atoms with Gasteiger partial charge in [-0.1, -0.05) is 0 Å². The van der Waals surface area contributed by atoms with Crippen LogP contribution in [0, 0.1) is 6.92 Å². The van der Waals surface area contributed by atoms with E-state index in [-0.39, 0.29) is 11.8 Å². The van der Waals surface area contributed by atoms with E-state index >= 15 is 0 Å². The fourth-order valence-corrected chi connectivity index (χ4v) is 2.14. The topological polar surface area (TPSA) is 73.3 Å². The van der Waals surface area contributed by atoms with Crippen molar-refractivity contribution >= 4 is 22.4 Å². The van der Waals surface area contributed by atoms with Crippen molar-refractivity contribution in [3.05, 3.63) is 35.0 Å². The molecular formula is C13H15N3O3S. The van der Waals surface area contributed by atoms with Gasteiger partial charge in [0.15, 0.2) is 5.13 Å². The van der Waals surface area contributed by atoms with Crippen LogP contribution in [0.25, 0.3) is 0 Å². The number of amides is 1. The Labute approximate surface area is 120 Å². The van der Waals surface area contributed by atoms with Crippen molar-refractivity contribution in [3.63, 3.8) is 0 Å². The lowest BCUT2D eigenvalue weighted by Gasteiger charge is -2.09. The van der Waals surface area contributed by atoms with Gasteiger partial charge in [0.25, 0.3) is 5.91 Å². The molecule has 0 saturated carbocycles. The Kier molecular flexibility index (Phi) is 5.03. The second-order valence-corrected chi connectivity index (χ2v) is 5.16. The Morgan fingerprint density at radius 1 is 1.40 bits per heavy atom. The molecule has 0 fully saturated rings. The van der Waals surface area contributed by atoms with Crippen LogP contribution in [0.1, 0.15) is 15.2 Å². The van der Waals surface area contributed by atoms with Crippen LogP contribution >= 0.6 is 11.3 Å². The lowest BCUT2D eigenvalue weighted by Crippen LogP contribution is -2.15. The molecule has 0 bridgehead atoms. The molecule has 2 aromatic rings. The molecule has 0 aliphatic heterocycles. The molecule has 2 heterocycles. The molecule has 2 aromatic heterocycles. The molecule has 0 aromatic carbocycles. The number of thiazole rings is 1. The molecular weight excluding hydrogens is 278 g/mol. The summed E-state index contributed by atoms with van der Waals surface area (Å²) in [6, 6.07) is 3.34. The number of ether oxygens (including phenoxy) is 2. The summed E-state index contributed by atoms with van der Waals surface area (Å²) < 4.78 is 10.3. The average Bonchev–Trinajstić information content (AvgIpc) is 2.85. The first-order valence-electron chi connectivity index (χ1n) is 6.01. The third kappa shape index (κ3) is 3.75. The molecule has 0 aliphatic carbocycles. The molecule has 106 valence electrons. The van der Waals surface area contributed by atoms with E-state index in [4.69, 9.17) is 9.47 Å². The first kappa shape index (κ1) is 14.4. The summed E-state index contributed by atoms with van der Waals surface area (Å²) in [5, 5.41) is 3.28. The van der Waals surface area contributed by atoms with Gasteiger partial charge in [0.2, 0.25) is 5.88 Å². The highest BCUT2D eigenvalue weighted by Crippen LogP contribution is 2.20. The third-order valence-electron chi connectivity index (χ3n) is 2.38. The van der Waals surface area contributed by atoms with Crippen LogP contribution in [-0.2, 0) is 4.74 Å². The summed E-state index contributed by atoms with van der Waals surface area (Å²) >= 11 is 1.41. The van der Waals surface area contributed by atoms with Gasteiger partial charge in [-0.15, -0.1) is 11.3 Å². The number of aryl methyl sites for hydroxylation is 1. The summed E-state index contributed by atoms with van der Waals surface area (Å²) in [6.07, 6.45) is 3.28. The van der Waals surface area contributed by atoms with Crippen molar-refractivity contribution < 1.29 is 14.3 Å². The van der Waals surface area contributed by atoms with E-state index in [0.717, 1.165) is 4.88 Å². The van der Waals surface area contributed by atoms with Gasteiger partial charge >= 0.3 is 0 Å². The van der Waals surface area contributed by atoms with Gasteiger partial charge in [-0.3, -0.25) is 10.1 Å². The first-order valence-corrected chi connectivity index (χ1v) is 6.83. The van der Waals surface area contributed by atoms with Gasteiger partial charge in [0.1, 0.15) is 12.2 Å². The average molecular weight is 293 g/mol. The zero-order valence-corrected chi connectivity index (χ0v) is 12.1. The molecule has 0 unspecified atom stereocenters. The minimum absolute atomic E-state index is 0.287. The molecule has 1 N–H and O–H groups in total. The van der Waals surface area contributed by atoms with E-state index in [1.165, 1.54) is 11.3 Å². The third-order valence-corrected chi connectivity index (χ3v) is 3.21. The standard InChI is InChI=1S/C13H15N3O3S/c1-9-8-15-13(20-9)16-11(17)10-4-3-5-14-12(10)19-7-6-18-2/h3-5,8H,6-7H2,1-2H3,(H,15,16,17). The van der Waals surface area contributed by atoms with Crippen molar-refractivity contribution in [2.75, 3.05) is 25.6 Å². The van der Waals surface area contributed by atoms with Gasteiger partial charge < -0.3 is 9.47 Å². The quantitative estimate of drug-likeness (QED) is 0.826. The summed E-state index contributed by atoms with van der Waals surface area (Å²) in [5.41, 5.74) is 0.372. The van der Waals surface area contributed by atoms with Crippen LogP contribution in [0.4, 0.5) is 5.13 Å². The van der Waals surface area contributed by atoms with Crippen LogP contribution < -0.4 is 10.1 Å². The molecule has 0 atom stereocenters. The Bertz CT molecular complexity index is 586. The molecule has 0 radical (unpaired) electrons. The predicted molar refractivity (Wildman–Crippen MR) is 76.4 cm³/mol. The lowest BCUT2D eigenvalue weighted by atomic mass is 10.2. The number of carbonyl (C=O) groups is 1. The van der Waals surface area contributed by atoms with Crippen LogP contribution in [0.2, 0.25) is 0 Å². The van der Waals surface area contributed by atoms with Crippen LogP contribution in [0.15, 0.2) is 24.5 Å². The fourth-order valence-electron chi connectivity index (χ4n) is 1.48. The van der Waals surface area contributed by atoms with Crippen LogP contribution in [-0.4, -0.2) is 36.2 Å². The van der Waals surface area contributed by atoms with Crippen LogP contribution in [0.5, 0.6) is 5.88 Å².